The van der Waals surface area contributed by atoms with Gasteiger partial charge in [-0.3, -0.25) is 4.90 Å². The summed E-state index contributed by atoms with van der Waals surface area (Å²) in [5.74, 6) is 6.40. The molecule has 3 aliphatic rings. The minimum absolute atomic E-state index is 0.829. The maximum absolute atomic E-state index is 2.85. The van der Waals surface area contributed by atoms with Gasteiger partial charge in [0.2, 0.25) is 0 Å². The molecular weight excluding hydrogens is 260 g/mol. The summed E-state index contributed by atoms with van der Waals surface area (Å²) in [5, 5.41) is 0. The third kappa shape index (κ3) is 3.20. The van der Waals surface area contributed by atoms with Gasteiger partial charge in [-0.1, -0.05) is 6.42 Å². The molecule has 2 bridgehead atoms. The lowest BCUT2D eigenvalue weighted by Crippen LogP contribution is -2.46. The van der Waals surface area contributed by atoms with Crippen LogP contribution in [0.25, 0.3) is 0 Å². The van der Waals surface area contributed by atoms with Crippen molar-refractivity contribution in [3.63, 3.8) is 0 Å². The number of likely N-dealkylation sites (N-methyl/N-ethyl adjacent to an activating group) is 1. The van der Waals surface area contributed by atoms with Crippen molar-refractivity contribution in [2.75, 3.05) is 49.7 Å². The number of thioether (sulfide) groups is 2. The van der Waals surface area contributed by atoms with Gasteiger partial charge in [0.25, 0.3) is 0 Å². The fourth-order valence-electron chi connectivity index (χ4n) is 3.68. The van der Waals surface area contributed by atoms with E-state index in [9.17, 15) is 0 Å². The van der Waals surface area contributed by atoms with E-state index in [1.807, 2.05) is 0 Å². The number of rotatable bonds is 1. The number of hydrogen-bond acceptors (Lipinski definition) is 4. The molecule has 0 N–H and O–H groups in total. The predicted octanol–water partition coefficient (Wildman–Crippen LogP) is 2.25. The van der Waals surface area contributed by atoms with E-state index >= 15 is 0 Å². The summed E-state index contributed by atoms with van der Waals surface area (Å²) in [4.78, 5) is 5.50. The summed E-state index contributed by atoms with van der Waals surface area (Å²) in [7, 11) is 2.35. The van der Waals surface area contributed by atoms with E-state index in [1.54, 1.807) is 0 Å². The first-order chi connectivity index (χ1) is 8.83. The van der Waals surface area contributed by atoms with Crippen molar-refractivity contribution >= 4 is 23.5 Å². The fourth-order valence-corrected chi connectivity index (χ4v) is 6.31. The van der Waals surface area contributed by atoms with Crippen molar-refractivity contribution in [1.29, 1.82) is 0 Å². The lowest BCUT2D eigenvalue weighted by atomic mass is 9.99. The van der Waals surface area contributed by atoms with Crippen LogP contribution < -0.4 is 0 Å². The van der Waals surface area contributed by atoms with Gasteiger partial charge in [0.15, 0.2) is 0 Å². The Morgan fingerprint density at radius 1 is 0.889 bits per heavy atom. The molecule has 0 saturated carbocycles. The summed E-state index contributed by atoms with van der Waals surface area (Å²) < 4.78 is 0. The van der Waals surface area contributed by atoms with Crippen molar-refractivity contribution < 1.29 is 0 Å². The average molecular weight is 287 g/mol. The normalized spacial score (nSPS) is 37.2. The first-order valence-electron chi connectivity index (χ1n) is 7.42. The summed E-state index contributed by atoms with van der Waals surface area (Å²) in [5.41, 5.74) is 0. The lowest BCUT2D eigenvalue weighted by Gasteiger charge is -2.35. The van der Waals surface area contributed by atoms with Gasteiger partial charge in [-0.25, -0.2) is 0 Å². The van der Waals surface area contributed by atoms with Crippen molar-refractivity contribution in [2.45, 2.75) is 31.3 Å². The fraction of sp³-hybridized carbons (Fsp3) is 1.00. The van der Waals surface area contributed by atoms with Gasteiger partial charge in [0.05, 0.1) is 0 Å². The Kier molecular flexibility index (Phi) is 4.82. The highest BCUT2D eigenvalue weighted by Crippen LogP contribution is 2.29. The molecule has 0 aromatic carbocycles. The van der Waals surface area contributed by atoms with Gasteiger partial charge in [-0.15, -0.1) is 0 Å². The molecule has 104 valence electrons. The second-order valence-corrected chi connectivity index (χ2v) is 8.45. The third-order valence-electron chi connectivity index (χ3n) is 4.77. The van der Waals surface area contributed by atoms with E-state index in [2.05, 4.69) is 40.4 Å². The van der Waals surface area contributed by atoms with Crippen LogP contribution in [0.4, 0.5) is 0 Å². The molecule has 0 unspecified atom stereocenters. The maximum Gasteiger partial charge on any atom is 0.0277 e. The molecule has 3 rings (SSSR count). The SMILES string of the molecule is CN1C[C@@H]2CCC[C@H]1CN(C1CSCCSC1)C2. The Bertz CT molecular complexity index is 267. The molecule has 0 amide bonds. The van der Waals surface area contributed by atoms with Crippen molar-refractivity contribution in [3.8, 4) is 0 Å². The largest absolute Gasteiger partial charge is 0.302 e. The topological polar surface area (TPSA) is 6.48 Å². The first-order valence-corrected chi connectivity index (χ1v) is 9.73. The summed E-state index contributed by atoms with van der Waals surface area (Å²) >= 11 is 4.35. The molecule has 3 heterocycles. The Labute approximate surface area is 120 Å². The molecule has 2 nitrogen and oxygen atoms in total. The Balaban J connectivity index is 1.68. The van der Waals surface area contributed by atoms with Crippen LogP contribution in [0.5, 0.6) is 0 Å². The molecule has 3 saturated heterocycles. The molecule has 0 radical (unpaired) electrons. The molecule has 3 aliphatic heterocycles. The molecule has 0 spiro atoms. The molecule has 0 aromatic rings. The Morgan fingerprint density at radius 2 is 1.67 bits per heavy atom. The summed E-state index contributed by atoms with van der Waals surface area (Å²) in [6.07, 6.45) is 4.35. The van der Waals surface area contributed by atoms with Gasteiger partial charge in [0.1, 0.15) is 0 Å². The number of fused-ring (bicyclic) bond motifs is 3. The van der Waals surface area contributed by atoms with Crippen LogP contribution in [0.15, 0.2) is 0 Å². The Morgan fingerprint density at radius 3 is 2.44 bits per heavy atom. The second kappa shape index (κ2) is 6.38. The van der Waals surface area contributed by atoms with Crippen LogP contribution in [0.2, 0.25) is 0 Å². The molecular formula is C14H26N2S2. The molecule has 0 aliphatic carbocycles. The van der Waals surface area contributed by atoms with E-state index in [0.717, 1.165) is 18.0 Å². The van der Waals surface area contributed by atoms with Crippen LogP contribution in [0.3, 0.4) is 0 Å². The zero-order valence-electron chi connectivity index (χ0n) is 11.5. The van der Waals surface area contributed by atoms with E-state index in [-0.39, 0.29) is 0 Å². The highest BCUT2D eigenvalue weighted by atomic mass is 32.2. The highest BCUT2D eigenvalue weighted by Gasteiger charge is 2.33. The zero-order chi connectivity index (χ0) is 12.4. The summed E-state index contributed by atoms with van der Waals surface area (Å²) in [6, 6.07) is 1.67. The van der Waals surface area contributed by atoms with E-state index in [1.165, 1.54) is 61.9 Å². The van der Waals surface area contributed by atoms with Crippen LogP contribution >= 0.6 is 23.5 Å². The smallest absolute Gasteiger partial charge is 0.0277 e. The number of likely N-dealkylation sites (tertiary alicyclic amines) is 1. The lowest BCUT2D eigenvalue weighted by molar-refractivity contribution is 0.166. The molecule has 4 heteroatoms. The van der Waals surface area contributed by atoms with Crippen LogP contribution in [-0.4, -0.2) is 71.6 Å². The first kappa shape index (κ1) is 13.6. The van der Waals surface area contributed by atoms with Crippen molar-refractivity contribution in [2.24, 2.45) is 5.92 Å². The molecule has 0 aromatic heterocycles. The molecule has 18 heavy (non-hydrogen) atoms. The number of nitrogens with zero attached hydrogens (tertiary/aromatic N) is 2. The van der Waals surface area contributed by atoms with E-state index < -0.39 is 0 Å². The van der Waals surface area contributed by atoms with Gasteiger partial charge >= 0.3 is 0 Å². The minimum Gasteiger partial charge on any atom is -0.302 e. The Hall–Kier alpha value is 0.620. The zero-order valence-corrected chi connectivity index (χ0v) is 13.1. The standard InChI is InChI=1S/C14H26N2S2/c1-15-7-12-3-2-4-13(15)9-16(8-12)14-10-17-5-6-18-11-14/h12-14H,2-11H2,1H3/t12-,13-/m0/s1. The maximum atomic E-state index is 2.85. The monoisotopic (exact) mass is 286 g/mol. The van der Waals surface area contributed by atoms with E-state index in [4.69, 9.17) is 0 Å². The van der Waals surface area contributed by atoms with Crippen molar-refractivity contribution in [3.05, 3.63) is 0 Å². The van der Waals surface area contributed by atoms with Gasteiger partial charge in [0, 0.05) is 54.7 Å². The van der Waals surface area contributed by atoms with Crippen LogP contribution in [0.1, 0.15) is 19.3 Å². The van der Waals surface area contributed by atoms with Crippen LogP contribution in [-0.2, 0) is 0 Å². The quantitative estimate of drug-likeness (QED) is 0.729. The van der Waals surface area contributed by atoms with E-state index in [0.29, 0.717) is 0 Å². The van der Waals surface area contributed by atoms with Gasteiger partial charge < -0.3 is 4.90 Å². The molecule has 3 fully saturated rings. The highest BCUT2D eigenvalue weighted by molar-refractivity contribution is 8.03. The van der Waals surface area contributed by atoms with Crippen LogP contribution in [0, 0.1) is 5.92 Å². The molecule has 2 atom stereocenters. The number of hydrogen-bond donors (Lipinski definition) is 0. The predicted molar refractivity (Wildman–Crippen MR) is 83.8 cm³/mol. The third-order valence-corrected chi connectivity index (χ3v) is 7.25. The van der Waals surface area contributed by atoms with Gasteiger partial charge in [-0.2, -0.15) is 23.5 Å². The van der Waals surface area contributed by atoms with Gasteiger partial charge in [-0.05, 0) is 25.8 Å². The van der Waals surface area contributed by atoms with Crippen molar-refractivity contribution in [1.82, 2.24) is 9.80 Å². The average Bonchev–Trinajstić information content (AvgIpc) is 2.72. The minimum atomic E-state index is 0.829. The summed E-state index contributed by atoms with van der Waals surface area (Å²) in [6.45, 7) is 4.04. The second-order valence-electron chi connectivity index (χ2n) is 6.15.